The van der Waals surface area contributed by atoms with E-state index in [9.17, 15) is 23.6 Å². The molecule has 1 amide bonds. The number of rotatable bonds is 5. The molecule has 0 spiro atoms. The van der Waals surface area contributed by atoms with Gasteiger partial charge in [0.2, 0.25) is 0 Å². The minimum absolute atomic E-state index is 0.0000139. The second-order valence-electron chi connectivity index (χ2n) is 8.70. The van der Waals surface area contributed by atoms with Crippen LogP contribution in [-0.2, 0) is 7.05 Å². The number of nitrogens with one attached hydrogen (secondary N) is 3. The minimum Gasteiger partial charge on any atom is -0.349 e. The van der Waals surface area contributed by atoms with Crippen LogP contribution in [-0.4, -0.2) is 26.1 Å². The number of aryl methyl sites for hydroxylation is 1. The number of halogens is 2. The summed E-state index contributed by atoms with van der Waals surface area (Å²) in [6.45, 7) is 1.51. The van der Waals surface area contributed by atoms with Gasteiger partial charge >= 0.3 is 5.69 Å². The molecule has 0 atom stereocenters. The van der Waals surface area contributed by atoms with Crippen molar-refractivity contribution in [1.29, 1.82) is 0 Å². The van der Waals surface area contributed by atoms with E-state index >= 15 is 0 Å². The number of benzene rings is 2. The first-order valence-electron chi connectivity index (χ1n) is 11.2. The molecule has 9 nitrogen and oxygen atoms in total. The molecule has 1 fully saturated rings. The summed E-state index contributed by atoms with van der Waals surface area (Å²) in [5.41, 5.74) is -1.06. The van der Waals surface area contributed by atoms with Crippen LogP contribution in [0.25, 0.3) is 16.6 Å². The number of hydrogen-bond acceptors (Lipinski definition) is 5. The van der Waals surface area contributed by atoms with Crippen LogP contribution < -0.4 is 27.4 Å². The maximum Gasteiger partial charge on any atom is 0.333 e. The van der Waals surface area contributed by atoms with Crippen molar-refractivity contribution in [2.45, 2.75) is 25.8 Å². The average Bonchev–Trinajstić information content (AvgIpc) is 3.65. The summed E-state index contributed by atoms with van der Waals surface area (Å²) in [5, 5.41) is 5.76. The van der Waals surface area contributed by atoms with Crippen molar-refractivity contribution in [1.82, 2.24) is 19.4 Å². The van der Waals surface area contributed by atoms with Crippen molar-refractivity contribution < 1.29 is 9.18 Å². The fourth-order valence-corrected chi connectivity index (χ4v) is 4.58. The van der Waals surface area contributed by atoms with Crippen molar-refractivity contribution in [3.8, 4) is 5.69 Å². The van der Waals surface area contributed by atoms with E-state index < -0.39 is 22.6 Å². The first-order valence-corrected chi connectivity index (χ1v) is 12.3. The van der Waals surface area contributed by atoms with E-state index in [2.05, 4.69) is 15.6 Å². The highest BCUT2D eigenvalue weighted by atomic mass is 127. The highest BCUT2D eigenvalue weighted by Gasteiger charge is 2.25. The molecule has 184 valence electrons. The Morgan fingerprint density at radius 3 is 2.58 bits per heavy atom. The topological polar surface area (TPSA) is 118 Å². The lowest BCUT2D eigenvalue weighted by atomic mass is 10.1. The fourth-order valence-electron chi connectivity index (χ4n) is 4.13. The van der Waals surface area contributed by atoms with Gasteiger partial charge in [-0.15, -0.1) is 0 Å². The zero-order valence-electron chi connectivity index (χ0n) is 19.3. The normalized spacial score (nSPS) is 13.1. The number of nitrogens with zero attached hydrogens (tertiary/aromatic N) is 2. The first-order chi connectivity index (χ1) is 17.2. The number of anilines is 2. The van der Waals surface area contributed by atoms with Crippen LogP contribution in [0.4, 0.5) is 15.9 Å². The van der Waals surface area contributed by atoms with Crippen molar-refractivity contribution in [3.63, 3.8) is 0 Å². The van der Waals surface area contributed by atoms with Crippen LogP contribution in [0.5, 0.6) is 0 Å². The third kappa shape index (κ3) is 4.23. The van der Waals surface area contributed by atoms with E-state index in [-0.39, 0.29) is 39.9 Å². The van der Waals surface area contributed by atoms with Gasteiger partial charge in [-0.3, -0.25) is 28.5 Å². The number of fused-ring (bicyclic) bond motifs is 1. The Labute approximate surface area is 217 Å². The number of pyridine rings is 1. The third-order valence-corrected chi connectivity index (χ3v) is 6.80. The molecule has 0 unspecified atom stereocenters. The predicted molar refractivity (Wildman–Crippen MR) is 143 cm³/mol. The monoisotopic (exact) mass is 601 g/mol. The molecular weight excluding hydrogens is 580 g/mol. The lowest BCUT2D eigenvalue weighted by molar-refractivity contribution is 0.0951. The standard InChI is InChI=1S/C25H21FIN5O4/c1-12-20-19(21(31(2)24(12)35)29-18-9-6-14(27)11-17(18)26)23(34)30-25(36)32(20)16-5-3-4-13(10-16)22(33)28-15-7-8-15/h3-6,9-11,15,29H,7-8H2,1-2H3,(H,28,33)(H,30,34,36). The van der Waals surface area contributed by atoms with Crippen LogP contribution >= 0.6 is 22.6 Å². The molecule has 2 aromatic carbocycles. The molecule has 0 radical (unpaired) electrons. The number of aromatic amines is 1. The van der Waals surface area contributed by atoms with E-state index in [1.165, 1.54) is 41.3 Å². The Balaban J connectivity index is 1.77. The van der Waals surface area contributed by atoms with Gasteiger partial charge in [0, 0.05) is 27.8 Å². The van der Waals surface area contributed by atoms with Gasteiger partial charge in [0.25, 0.3) is 17.0 Å². The molecule has 0 aliphatic heterocycles. The molecule has 3 N–H and O–H groups in total. The second-order valence-corrected chi connectivity index (χ2v) is 9.95. The molecule has 5 rings (SSSR count). The van der Waals surface area contributed by atoms with Crippen LogP contribution in [0.1, 0.15) is 28.8 Å². The Bertz CT molecular complexity index is 1740. The van der Waals surface area contributed by atoms with Crippen molar-refractivity contribution >= 4 is 50.9 Å². The van der Waals surface area contributed by atoms with E-state index in [1.54, 1.807) is 24.3 Å². The highest BCUT2D eigenvalue weighted by molar-refractivity contribution is 14.1. The lowest BCUT2D eigenvalue weighted by Gasteiger charge is -2.19. The van der Waals surface area contributed by atoms with Crippen LogP contribution in [0.3, 0.4) is 0 Å². The second kappa shape index (κ2) is 9.04. The van der Waals surface area contributed by atoms with Gasteiger partial charge in [-0.05, 0) is 78.8 Å². The molecule has 2 heterocycles. The van der Waals surface area contributed by atoms with E-state index in [0.717, 1.165) is 12.8 Å². The number of carbonyl (C=O) groups is 1. The highest BCUT2D eigenvalue weighted by Crippen LogP contribution is 2.27. The first kappa shape index (κ1) is 24.0. The number of aromatic nitrogens is 3. The molecule has 11 heteroatoms. The van der Waals surface area contributed by atoms with Gasteiger partial charge in [0.1, 0.15) is 17.0 Å². The maximum absolute atomic E-state index is 14.6. The summed E-state index contributed by atoms with van der Waals surface area (Å²) in [7, 11) is 1.46. The smallest absolute Gasteiger partial charge is 0.333 e. The Morgan fingerprint density at radius 1 is 1.14 bits per heavy atom. The predicted octanol–water partition coefficient (Wildman–Crippen LogP) is 3.07. The van der Waals surface area contributed by atoms with Crippen molar-refractivity contribution in [2.75, 3.05) is 5.32 Å². The summed E-state index contributed by atoms with van der Waals surface area (Å²) in [6, 6.07) is 11.0. The lowest BCUT2D eigenvalue weighted by Crippen LogP contribution is -2.34. The molecule has 1 saturated carbocycles. The Morgan fingerprint density at radius 2 is 1.89 bits per heavy atom. The van der Waals surface area contributed by atoms with Gasteiger partial charge in [-0.2, -0.15) is 0 Å². The molecule has 1 aliphatic rings. The fraction of sp³-hybridized carbons (Fsp3) is 0.200. The van der Waals surface area contributed by atoms with Gasteiger partial charge < -0.3 is 10.6 Å². The molecule has 36 heavy (non-hydrogen) atoms. The van der Waals surface area contributed by atoms with E-state index in [4.69, 9.17) is 0 Å². The summed E-state index contributed by atoms with van der Waals surface area (Å²) >= 11 is 1.98. The van der Waals surface area contributed by atoms with E-state index in [1.807, 2.05) is 22.6 Å². The van der Waals surface area contributed by atoms with Gasteiger partial charge in [0.15, 0.2) is 0 Å². The molecule has 1 aliphatic carbocycles. The summed E-state index contributed by atoms with van der Waals surface area (Å²) in [4.78, 5) is 54.2. The van der Waals surface area contributed by atoms with Gasteiger partial charge in [0.05, 0.1) is 16.9 Å². The SMILES string of the molecule is Cc1c(=O)n(C)c(Nc2ccc(I)cc2F)c2c(=O)[nH]c(=O)n(-c3cccc(C(=O)NC4CC4)c3)c12. The van der Waals surface area contributed by atoms with Crippen molar-refractivity contribution in [3.05, 3.63) is 94.2 Å². The molecule has 2 aromatic heterocycles. The minimum atomic E-state index is -0.769. The third-order valence-electron chi connectivity index (χ3n) is 6.13. The van der Waals surface area contributed by atoms with Crippen LogP contribution in [0, 0.1) is 16.3 Å². The number of amides is 1. The summed E-state index contributed by atoms with van der Waals surface area (Å²) in [5.74, 6) is -0.814. The largest absolute Gasteiger partial charge is 0.349 e. The Hall–Kier alpha value is -3.74. The number of H-pyrrole nitrogens is 1. The van der Waals surface area contributed by atoms with Gasteiger partial charge in [-0.25, -0.2) is 9.18 Å². The molecular formula is C25H21FIN5O4. The molecule has 0 saturated heterocycles. The van der Waals surface area contributed by atoms with Gasteiger partial charge in [-0.1, -0.05) is 6.07 Å². The van der Waals surface area contributed by atoms with Crippen LogP contribution in [0.2, 0.25) is 0 Å². The van der Waals surface area contributed by atoms with Crippen molar-refractivity contribution in [2.24, 2.45) is 7.05 Å². The Kier molecular flexibility index (Phi) is 6.02. The molecule has 4 aromatic rings. The summed E-state index contributed by atoms with van der Waals surface area (Å²) in [6.07, 6.45) is 1.85. The van der Waals surface area contributed by atoms with Crippen LogP contribution in [0.15, 0.2) is 56.8 Å². The zero-order valence-corrected chi connectivity index (χ0v) is 21.5. The molecule has 0 bridgehead atoms. The number of hydrogen-bond donors (Lipinski definition) is 3. The summed E-state index contributed by atoms with van der Waals surface area (Å²) < 4.78 is 17.7. The zero-order chi connectivity index (χ0) is 25.7. The average molecular weight is 601 g/mol. The quantitative estimate of drug-likeness (QED) is 0.304. The maximum atomic E-state index is 14.6. The number of carbonyl (C=O) groups excluding carboxylic acids is 1. The van der Waals surface area contributed by atoms with E-state index in [0.29, 0.717) is 14.8 Å².